The molecule has 34 heavy (non-hydrogen) atoms. The Bertz CT molecular complexity index is 1170. The first-order valence-electron chi connectivity index (χ1n) is 10.9. The van der Waals surface area contributed by atoms with Crippen molar-refractivity contribution in [2.24, 2.45) is 0 Å². The van der Waals surface area contributed by atoms with E-state index in [0.717, 1.165) is 16.2 Å². The van der Waals surface area contributed by atoms with Gasteiger partial charge in [-0.3, -0.25) is 9.59 Å². The lowest BCUT2D eigenvalue weighted by Gasteiger charge is -2.34. The summed E-state index contributed by atoms with van der Waals surface area (Å²) in [6, 6.07) is 21.5. The summed E-state index contributed by atoms with van der Waals surface area (Å²) in [7, 11) is 1.55. The number of nitrogens with zero attached hydrogens (tertiary/aromatic N) is 2. The van der Waals surface area contributed by atoms with Gasteiger partial charge in [0.05, 0.1) is 25.1 Å². The fourth-order valence-corrected chi connectivity index (χ4v) is 3.59. The van der Waals surface area contributed by atoms with Crippen LogP contribution in [0.1, 0.15) is 18.9 Å². The van der Waals surface area contributed by atoms with Crippen LogP contribution in [0.2, 0.25) is 0 Å². The molecular formula is C27H24N2O5. The number of anilines is 2. The number of amides is 4. The van der Waals surface area contributed by atoms with Crippen LogP contribution in [0.25, 0.3) is 6.08 Å². The standard InChI is InChI=1S/C27H24N2O5/c1-3-16-34-24-18-22(33-2)15-14-19(24)17-23-25(30)28(20-10-6-4-7-11-20)27(32)29(26(23)31)21-12-8-5-9-13-21/h4-15,17-18H,3,16H2,1-2H3. The molecule has 4 amide bonds. The van der Waals surface area contributed by atoms with Gasteiger partial charge < -0.3 is 9.47 Å². The molecule has 1 saturated heterocycles. The van der Waals surface area contributed by atoms with Crippen molar-refractivity contribution in [3.05, 3.63) is 90.0 Å². The third-order valence-corrected chi connectivity index (χ3v) is 5.26. The number of ether oxygens (including phenoxy) is 2. The smallest absolute Gasteiger partial charge is 0.343 e. The minimum atomic E-state index is -0.735. The zero-order valence-electron chi connectivity index (χ0n) is 18.9. The second-order valence-electron chi connectivity index (χ2n) is 7.55. The summed E-state index contributed by atoms with van der Waals surface area (Å²) < 4.78 is 11.1. The van der Waals surface area contributed by atoms with Crippen molar-refractivity contribution in [1.29, 1.82) is 0 Å². The Morgan fingerprint density at radius 1 is 0.794 bits per heavy atom. The van der Waals surface area contributed by atoms with Crippen molar-refractivity contribution in [1.82, 2.24) is 0 Å². The van der Waals surface area contributed by atoms with Gasteiger partial charge in [-0.1, -0.05) is 43.3 Å². The molecular weight excluding hydrogens is 432 g/mol. The van der Waals surface area contributed by atoms with Crippen LogP contribution < -0.4 is 19.3 Å². The number of rotatable bonds is 7. The number of hydrogen-bond donors (Lipinski definition) is 0. The second-order valence-corrected chi connectivity index (χ2v) is 7.55. The molecule has 7 heteroatoms. The maximum atomic E-state index is 13.5. The quantitative estimate of drug-likeness (QED) is 0.367. The van der Waals surface area contributed by atoms with Gasteiger partial charge in [0.1, 0.15) is 17.1 Å². The highest BCUT2D eigenvalue weighted by molar-refractivity contribution is 6.46. The van der Waals surface area contributed by atoms with Crippen LogP contribution in [-0.4, -0.2) is 31.6 Å². The number of methoxy groups -OCH3 is 1. The number of barbiturate groups is 1. The lowest BCUT2D eigenvalue weighted by atomic mass is 10.0. The number of hydrogen-bond acceptors (Lipinski definition) is 5. The first-order chi connectivity index (χ1) is 16.5. The first kappa shape index (κ1) is 22.8. The van der Waals surface area contributed by atoms with E-state index in [1.54, 1.807) is 86.0 Å². The molecule has 1 aliphatic heterocycles. The molecule has 1 heterocycles. The molecule has 0 N–H and O–H groups in total. The van der Waals surface area contributed by atoms with Crippen molar-refractivity contribution in [2.75, 3.05) is 23.5 Å². The van der Waals surface area contributed by atoms with E-state index in [4.69, 9.17) is 9.47 Å². The first-order valence-corrected chi connectivity index (χ1v) is 10.9. The third kappa shape index (κ3) is 4.41. The molecule has 3 aromatic carbocycles. The van der Waals surface area contributed by atoms with Gasteiger partial charge in [0.15, 0.2) is 0 Å². The summed E-state index contributed by atoms with van der Waals surface area (Å²) in [5, 5.41) is 0. The van der Waals surface area contributed by atoms with Gasteiger partial charge in [0.25, 0.3) is 11.8 Å². The maximum Gasteiger partial charge on any atom is 0.343 e. The van der Waals surface area contributed by atoms with E-state index < -0.39 is 17.8 Å². The van der Waals surface area contributed by atoms with Crippen LogP contribution >= 0.6 is 0 Å². The SMILES string of the molecule is CCCOc1cc(OC)ccc1C=C1C(=O)N(c2ccccc2)C(=O)N(c2ccccc2)C1=O. The van der Waals surface area contributed by atoms with E-state index in [2.05, 4.69) is 0 Å². The number of urea groups is 1. The van der Waals surface area contributed by atoms with Gasteiger partial charge in [0, 0.05) is 11.6 Å². The molecule has 0 aliphatic carbocycles. The van der Waals surface area contributed by atoms with Crippen LogP contribution in [0, 0.1) is 0 Å². The van der Waals surface area contributed by atoms with Crippen molar-refractivity contribution >= 4 is 35.3 Å². The van der Waals surface area contributed by atoms with Crippen LogP contribution in [0.3, 0.4) is 0 Å². The number of imide groups is 2. The second kappa shape index (κ2) is 10.0. The number of carbonyl (C=O) groups excluding carboxylic acids is 3. The molecule has 0 saturated carbocycles. The highest BCUT2D eigenvalue weighted by Gasteiger charge is 2.43. The fourth-order valence-electron chi connectivity index (χ4n) is 3.59. The molecule has 3 aromatic rings. The van der Waals surface area contributed by atoms with E-state index in [9.17, 15) is 14.4 Å². The van der Waals surface area contributed by atoms with Gasteiger partial charge in [-0.05, 0) is 48.9 Å². The van der Waals surface area contributed by atoms with Crippen LogP contribution in [0.15, 0.2) is 84.4 Å². The summed E-state index contributed by atoms with van der Waals surface area (Å²) in [5.74, 6) is -0.346. The Morgan fingerprint density at radius 2 is 1.35 bits per heavy atom. The van der Waals surface area contributed by atoms with Crippen LogP contribution in [0.5, 0.6) is 11.5 Å². The number of para-hydroxylation sites is 2. The Labute approximate surface area is 197 Å². The van der Waals surface area contributed by atoms with E-state index in [-0.39, 0.29) is 5.57 Å². The zero-order valence-corrected chi connectivity index (χ0v) is 18.9. The Kier molecular flexibility index (Phi) is 6.73. The predicted octanol–water partition coefficient (Wildman–Crippen LogP) is 5.07. The highest BCUT2D eigenvalue weighted by Crippen LogP contribution is 2.32. The van der Waals surface area contributed by atoms with Gasteiger partial charge in [-0.25, -0.2) is 14.6 Å². The van der Waals surface area contributed by atoms with Gasteiger partial charge in [0.2, 0.25) is 0 Å². The molecule has 0 bridgehead atoms. The topological polar surface area (TPSA) is 76.2 Å². The molecule has 7 nitrogen and oxygen atoms in total. The Balaban J connectivity index is 1.86. The lowest BCUT2D eigenvalue weighted by Crippen LogP contribution is -2.57. The number of benzene rings is 3. The molecule has 0 spiro atoms. The predicted molar refractivity (Wildman–Crippen MR) is 130 cm³/mol. The van der Waals surface area contributed by atoms with Crippen LogP contribution in [-0.2, 0) is 9.59 Å². The molecule has 1 fully saturated rings. The Hall–Kier alpha value is -4.39. The van der Waals surface area contributed by atoms with Gasteiger partial charge >= 0.3 is 6.03 Å². The fraction of sp³-hybridized carbons (Fsp3) is 0.148. The van der Waals surface area contributed by atoms with Crippen molar-refractivity contribution in [2.45, 2.75) is 13.3 Å². The summed E-state index contributed by atoms with van der Waals surface area (Å²) in [4.78, 5) is 42.4. The van der Waals surface area contributed by atoms with E-state index >= 15 is 0 Å². The van der Waals surface area contributed by atoms with Gasteiger partial charge in [-0.2, -0.15) is 0 Å². The van der Waals surface area contributed by atoms with E-state index in [1.807, 2.05) is 6.92 Å². The normalized spacial score (nSPS) is 13.8. The maximum absolute atomic E-state index is 13.5. The largest absolute Gasteiger partial charge is 0.497 e. The van der Waals surface area contributed by atoms with Crippen molar-refractivity contribution in [3.63, 3.8) is 0 Å². The highest BCUT2D eigenvalue weighted by atomic mass is 16.5. The summed E-state index contributed by atoms with van der Waals surface area (Å²) in [5.41, 5.74) is 1.11. The molecule has 0 atom stereocenters. The molecule has 4 rings (SSSR count). The van der Waals surface area contributed by atoms with Crippen molar-refractivity contribution in [3.8, 4) is 11.5 Å². The minimum absolute atomic E-state index is 0.154. The summed E-state index contributed by atoms with van der Waals surface area (Å²) in [6.45, 7) is 2.43. The van der Waals surface area contributed by atoms with Crippen molar-refractivity contribution < 1.29 is 23.9 Å². The average molecular weight is 456 g/mol. The molecule has 0 aromatic heterocycles. The average Bonchev–Trinajstić information content (AvgIpc) is 2.87. The van der Waals surface area contributed by atoms with E-state index in [0.29, 0.717) is 35.0 Å². The monoisotopic (exact) mass is 456 g/mol. The zero-order chi connectivity index (χ0) is 24.1. The molecule has 0 unspecified atom stereocenters. The molecule has 0 radical (unpaired) electrons. The number of carbonyl (C=O) groups is 3. The van der Waals surface area contributed by atoms with Gasteiger partial charge in [-0.15, -0.1) is 0 Å². The third-order valence-electron chi connectivity index (χ3n) is 5.26. The minimum Gasteiger partial charge on any atom is -0.497 e. The summed E-state index contributed by atoms with van der Waals surface area (Å²) in [6.07, 6.45) is 2.25. The van der Waals surface area contributed by atoms with E-state index in [1.165, 1.54) is 6.08 Å². The molecule has 172 valence electrons. The van der Waals surface area contributed by atoms with Crippen LogP contribution in [0.4, 0.5) is 16.2 Å². The molecule has 1 aliphatic rings. The lowest BCUT2D eigenvalue weighted by molar-refractivity contribution is -0.121. The Morgan fingerprint density at radius 3 is 1.85 bits per heavy atom. The summed E-state index contributed by atoms with van der Waals surface area (Å²) >= 11 is 0.